The summed E-state index contributed by atoms with van der Waals surface area (Å²) in [6.07, 6.45) is 1.57. The molecule has 1 aromatic heterocycles. The van der Waals surface area contributed by atoms with Gasteiger partial charge in [-0.25, -0.2) is 4.98 Å². The first kappa shape index (κ1) is 18.3. The first-order valence-electron chi connectivity index (χ1n) is 8.95. The summed E-state index contributed by atoms with van der Waals surface area (Å²) in [6.45, 7) is 1.94. The summed E-state index contributed by atoms with van der Waals surface area (Å²) in [7, 11) is 0. The lowest BCUT2D eigenvalue weighted by Gasteiger charge is -2.05. The molecule has 4 rings (SSSR count). The molecule has 142 valence electrons. The molecule has 0 aliphatic rings. The molecular formula is C23H16N2O4. The van der Waals surface area contributed by atoms with E-state index in [9.17, 15) is 14.9 Å². The van der Waals surface area contributed by atoms with Crippen molar-refractivity contribution in [3.63, 3.8) is 0 Å². The normalized spacial score (nSPS) is 11.6. The smallest absolute Gasteiger partial charge is 0.270 e. The fourth-order valence-corrected chi connectivity index (χ4v) is 2.97. The van der Waals surface area contributed by atoms with Gasteiger partial charge in [-0.1, -0.05) is 54.1 Å². The molecule has 0 fully saturated rings. The second kappa shape index (κ2) is 7.52. The van der Waals surface area contributed by atoms with Gasteiger partial charge < -0.3 is 4.42 Å². The number of nitrogens with zero attached hydrogens (tertiary/aromatic N) is 2. The van der Waals surface area contributed by atoms with Crippen LogP contribution in [0.4, 0.5) is 5.69 Å². The van der Waals surface area contributed by atoms with Gasteiger partial charge in [0.25, 0.3) is 5.69 Å². The molecule has 0 aliphatic heterocycles. The number of carbonyl (C=O) groups is 1. The number of allylic oxidation sites excluding steroid dienone is 1. The predicted molar refractivity (Wildman–Crippen MR) is 110 cm³/mol. The van der Waals surface area contributed by atoms with Crippen LogP contribution in [-0.4, -0.2) is 15.7 Å². The van der Waals surface area contributed by atoms with Crippen LogP contribution in [0.25, 0.3) is 22.7 Å². The molecule has 0 bridgehead atoms. The van der Waals surface area contributed by atoms with E-state index in [1.54, 1.807) is 42.5 Å². The van der Waals surface area contributed by atoms with Crippen molar-refractivity contribution < 1.29 is 14.1 Å². The molecule has 0 radical (unpaired) electrons. The minimum atomic E-state index is -0.474. The van der Waals surface area contributed by atoms with Crippen molar-refractivity contribution in [3.8, 4) is 0 Å². The summed E-state index contributed by atoms with van der Waals surface area (Å²) in [5, 5.41) is 11.1. The maximum absolute atomic E-state index is 13.3. The van der Waals surface area contributed by atoms with Crippen molar-refractivity contribution in [1.29, 1.82) is 0 Å². The van der Waals surface area contributed by atoms with Gasteiger partial charge in [0.2, 0.25) is 5.89 Å². The number of carbonyl (C=O) groups excluding carboxylic acids is 1. The van der Waals surface area contributed by atoms with E-state index in [1.807, 2.05) is 31.2 Å². The molecule has 0 spiro atoms. The molecule has 6 heteroatoms. The maximum atomic E-state index is 13.3. The number of rotatable bonds is 5. The Morgan fingerprint density at radius 2 is 1.79 bits per heavy atom. The summed E-state index contributed by atoms with van der Waals surface area (Å²) in [4.78, 5) is 28.3. The zero-order valence-electron chi connectivity index (χ0n) is 15.5. The number of benzene rings is 3. The van der Waals surface area contributed by atoms with Crippen molar-refractivity contribution in [2.24, 2.45) is 0 Å². The highest BCUT2D eigenvalue weighted by atomic mass is 16.6. The SMILES string of the molecule is Cc1ccc(C(=O)/C(=C/c2cccc([N+](=O)[O-])c2)c2nc3ccccc3o2)cc1. The zero-order valence-corrected chi connectivity index (χ0v) is 15.5. The fraction of sp³-hybridized carbons (Fsp3) is 0.0435. The number of aromatic nitrogens is 1. The molecule has 0 saturated carbocycles. The van der Waals surface area contributed by atoms with Crippen LogP contribution >= 0.6 is 0 Å². The molecule has 0 aliphatic carbocycles. The van der Waals surface area contributed by atoms with Crippen LogP contribution in [-0.2, 0) is 0 Å². The average molecular weight is 384 g/mol. The van der Waals surface area contributed by atoms with Crippen LogP contribution in [0, 0.1) is 17.0 Å². The number of fused-ring (bicyclic) bond motifs is 1. The number of aryl methyl sites for hydroxylation is 1. The Morgan fingerprint density at radius 1 is 1.03 bits per heavy atom. The average Bonchev–Trinajstić information content (AvgIpc) is 3.16. The lowest BCUT2D eigenvalue weighted by atomic mass is 10.00. The zero-order chi connectivity index (χ0) is 20.4. The van der Waals surface area contributed by atoms with Crippen molar-refractivity contribution >= 4 is 34.2 Å². The molecule has 0 amide bonds. The lowest BCUT2D eigenvalue weighted by molar-refractivity contribution is -0.384. The number of non-ortho nitro benzene ring substituents is 1. The predicted octanol–water partition coefficient (Wildman–Crippen LogP) is 5.47. The van der Waals surface area contributed by atoms with E-state index in [4.69, 9.17) is 4.42 Å². The van der Waals surface area contributed by atoms with Gasteiger partial charge in [-0.15, -0.1) is 0 Å². The number of hydrogen-bond donors (Lipinski definition) is 0. The summed E-state index contributed by atoms with van der Waals surface area (Å²) in [6, 6.07) is 20.5. The molecule has 0 saturated heterocycles. The number of Topliss-reactive ketones (excluding diaryl/α,β-unsaturated/α-hetero) is 1. The highest BCUT2D eigenvalue weighted by Gasteiger charge is 2.20. The lowest BCUT2D eigenvalue weighted by Crippen LogP contribution is -2.03. The molecule has 0 unspecified atom stereocenters. The molecular weight excluding hydrogens is 368 g/mol. The topological polar surface area (TPSA) is 86.2 Å². The number of nitro benzene ring substituents is 1. The Morgan fingerprint density at radius 3 is 2.52 bits per heavy atom. The van der Waals surface area contributed by atoms with Crippen LogP contribution in [0.1, 0.15) is 27.4 Å². The van der Waals surface area contributed by atoms with Gasteiger partial charge in [-0.05, 0) is 30.7 Å². The first-order valence-corrected chi connectivity index (χ1v) is 8.95. The van der Waals surface area contributed by atoms with E-state index in [1.165, 1.54) is 12.1 Å². The van der Waals surface area contributed by atoms with E-state index >= 15 is 0 Å². The standard InChI is InChI=1S/C23H16N2O4/c1-15-9-11-17(12-10-15)22(26)19(14-16-5-4-6-18(13-16)25(27)28)23-24-20-7-2-3-8-21(20)29-23/h2-14H,1H3/b19-14-. The minimum Gasteiger partial charge on any atom is -0.436 e. The van der Waals surface area contributed by atoms with Gasteiger partial charge in [0, 0.05) is 17.7 Å². The summed E-state index contributed by atoms with van der Waals surface area (Å²) in [5.41, 5.74) is 3.39. The summed E-state index contributed by atoms with van der Waals surface area (Å²) >= 11 is 0. The van der Waals surface area contributed by atoms with Gasteiger partial charge >= 0.3 is 0 Å². The van der Waals surface area contributed by atoms with E-state index in [0.717, 1.165) is 5.56 Å². The summed E-state index contributed by atoms with van der Waals surface area (Å²) < 4.78 is 5.81. The highest BCUT2D eigenvalue weighted by Crippen LogP contribution is 2.27. The van der Waals surface area contributed by atoms with Crippen molar-refractivity contribution in [2.45, 2.75) is 6.92 Å². The number of para-hydroxylation sites is 2. The van der Waals surface area contributed by atoms with Crippen LogP contribution in [0.2, 0.25) is 0 Å². The molecule has 4 aromatic rings. The molecule has 1 heterocycles. The van der Waals surface area contributed by atoms with Gasteiger partial charge in [0.15, 0.2) is 11.4 Å². The Bertz CT molecular complexity index is 1220. The molecule has 3 aromatic carbocycles. The second-order valence-electron chi connectivity index (χ2n) is 6.59. The molecule has 29 heavy (non-hydrogen) atoms. The van der Waals surface area contributed by atoms with Gasteiger partial charge in [0.1, 0.15) is 5.52 Å². The van der Waals surface area contributed by atoms with Crippen LogP contribution < -0.4 is 0 Å². The molecule has 0 N–H and O–H groups in total. The van der Waals surface area contributed by atoms with Gasteiger partial charge in [0.05, 0.1) is 10.5 Å². The minimum absolute atomic E-state index is 0.0570. The monoisotopic (exact) mass is 384 g/mol. The fourth-order valence-electron chi connectivity index (χ4n) is 2.97. The first-order chi connectivity index (χ1) is 14.0. The van der Waals surface area contributed by atoms with E-state index in [-0.39, 0.29) is 22.9 Å². The largest absolute Gasteiger partial charge is 0.436 e. The van der Waals surface area contributed by atoms with Crippen molar-refractivity contribution in [3.05, 3.63) is 105 Å². The third-order valence-electron chi connectivity index (χ3n) is 4.47. The third kappa shape index (κ3) is 3.82. The highest BCUT2D eigenvalue weighted by molar-refractivity contribution is 6.31. The maximum Gasteiger partial charge on any atom is 0.270 e. The van der Waals surface area contributed by atoms with Crippen LogP contribution in [0.15, 0.2) is 77.2 Å². The molecule has 0 atom stereocenters. The van der Waals surface area contributed by atoms with E-state index in [0.29, 0.717) is 22.2 Å². The van der Waals surface area contributed by atoms with Crippen molar-refractivity contribution in [2.75, 3.05) is 0 Å². The summed E-state index contributed by atoms with van der Waals surface area (Å²) in [5.74, 6) is -0.105. The van der Waals surface area contributed by atoms with Gasteiger partial charge in [-0.3, -0.25) is 14.9 Å². The number of hydrogen-bond acceptors (Lipinski definition) is 5. The molecule has 6 nitrogen and oxygen atoms in total. The van der Waals surface area contributed by atoms with E-state index < -0.39 is 4.92 Å². The quantitative estimate of drug-likeness (QED) is 0.197. The Hall–Kier alpha value is -4.06. The third-order valence-corrected chi connectivity index (χ3v) is 4.47. The van der Waals surface area contributed by atoms with Gasteiger partial charge in [-0.2, -0.15) is 0 Å². The number of ketones is 1. The number of oxazole rings is 1. The van der Waals surface area contributed by atoms with Crippen molar-refractivity contribution in [1.82, 2.24) is 4.98 Å². The number of nitro groups is 1. The Labute approximate surface area is 166 Å². The Kier molecular flexibility index (Phi) is 4.75. The van der Waals surface area contributed by atoms with E-state index in [2.05, 4.69) is 4.98 Å². The van der Waals surface area contributed by atoms with Crippen LogP contribution in [0.3, 0.4) is 0 Å². The van der Waals surface area contributed by atoms with Crippen LogP contribution in [0.5, 0.6) is 0 Å². The Balaban J connectivity index is 1.86. The second-order valence-corrected chi connectivity index (χ2v) is 6.59.